The van der Waals surface area contributed by atoms with E-state index in [0.29, 0.717) is 11.1 Å². The van der Waals surface area contributed by atoms with E-state index in [0.717, 1.165) is 12.1 Å². The lowest BCUT2D eigenvalue weighted by molar-refractivity contribution is -0.137. The number of rotatable bonds is 5. The Kier molecular flexibility index (Phi) is 5.48. The number of sulfone groups is 1. The van der Waals surface area contributed by atoms with Gasteiger partial charge in [-0.25, -0.2) is 18.4 Å². The van der Waals surface area contributed by atoms with E-state index in [9.17, 15) is 21.6 Å². The Bertz CT molecular complexity index is 1070. The summed E-state index contributed by atoms with van der Waals surface area (Å²) in [5.74, 6) is -0.297. The zero-order chi connectivity index (χ0) is 20.4. The SMILES string of the molecule is NCc1cc(-c2ccc(C(F)(F)F)cc2)nc(S(=O)(=O)Cc2ccccc2)n1. The van der Waals surface area contributed by atoms with Crippen molar-refractivity contribution < 1.29 is 21.6 Å². The highest BCUT2D eigenvalue weighted by atomic mass is 32.2. The highest BCUT2D eigenvalue weighted by molar-refractivity contribution is 7.90. The van der Waals surface area contributed by atoms with Gasteiger partial charge >= 0.3 is 6.18 Å². The topological polar surface area (TPSA) is 85.9 Å². The molecule has 2 N–H and O–H groups in total. The number of benzene rings is 2. The number of nitrogens with two attached hydrogens (primary N) is 1. The van der Waals surface area contributed by atoms with Crippen LogP contribution in [-0.4, -0.2) is 18.4 Å². The Morgan fingerprint density at radius 3 is 2.14 bits per heavy atom. The van der Waals surface area contributed by atoms with Crippen molar-refractivity contribution in [2.45, 2.75) is 23.6 Å². The molecule has 3 aromatic rings. The predicted octanol–water partition coefficient (Wildman–Crippen LogP) is 3.60. The van der Waals surface area contributed by atoms with E-state index in [1.165, 1.54) is 18.2 Å². The minimum atomic E-state index is -4.46. The normalized spacial score (nSPS) is 12.1. The molecule has 0 fully saturated rings. The molecule has 146 valence electrons. The van der Waals surface area contributed by atoms with Crippen molar-refractivity contribution in [2.75, 3.05) is 0 Å². The first-order chi connectivity index (χ1) is 13.2. The average Bonchev–Trinajstić information content (AvgIpc) is 2.67. The van der Waals surface area contributed by atoms with Gasteiger partial charge in [-0.3, -0.25) is 0 Å². The number of aromatic nitrogens is 2. The van der Waals surface area contributed by atoms with Crippen LogP contribution in [0.5, 0.6) is 0 Å². The quantitative estimate of drug-likeness (QED) is 0.653. The number of nitrogens with zero attached hydrogens (tertiary/aromatic N) is 2. The molecule has 9 heteroatoms. The monoisotopic (exact) mass is 407 g/mol. The van der Waals surface area contributed by atoms with E-state index in [2.05, 4.69) is 9.97 Å². The van der Waals surface area contributed by atoms with Crippen molar-refractivity contribution in [2.24, 2.45) is 5.73 Å². The fourth-order valence-corrected chi connectivity index (χ4v) is 3.81. The highest BCUT2D eigenvalue weighted by Gasteiger charge is 2.30. The molecule has 0 saturated carbocycles. The summed E-state index contributed by atoms with van der Waals surface area (Å²) < 4.78 is 63.7. The Morgan fingerprint density at radius 1 is 0.929 bits per heavy atom. The molecule has 0 bridgehead atoms. The van der Waals surface area contributed by atoms with Crippen LogP contribution in [0.2, 0.25) is 0 Å². The molecule has 28 heavy (non-hydrogen) atoms. The standard InChI is InChI=1S/C19H16F3N3O2S/c20-19(21,22)15-8-6-14(7-9-15)17-10-16(11-23)24-18(25-17)28(26,27)12-13-4-2-1-3-5-13/h1-10H,11-12,23H2. The molecule has 2 aromatic carbocycles. The minimum absolute atomic E-state index is 0.0377. The summed E-state index contributed by atoms with van der Waals surface area (Å²) in [4.78, 5) is 8.07. The third-order valence-electron chi connectivity index (χ3n) is 3.95. The Morgan fingerprint density at radius 2 is 1.57 bits per heavy atom. The molecule has 0 saturated heterocycles. The maximum atomic E-state index is 12.7. The van der Waals surface area contributed by atoms with Crippen LogP contribution in [0, 0.1) is 0 Å². The van der Waals surface area contributed by atoms with Gasteiger partial charge in [0.2, 0.25) is 15.0 Å². The second kappa shape index (κ2) is 7.69. The molecule has 3 rings (SSSR count). The summed E-state index contributed by atoms with van der Waals surface area (Å²) in [5, 5.41) is -0.408. The Labute approximate surface area is 160 Å². The average molecular weight is 407 g/mol. The number of alkyl halides is 3. The molecule has 0 aliphatic heterocycles. The molecular weight excluding hydrogens is 391 g/mol. The first-order valence-corrected chi connectivity index (χ1v) is 9.86. The Hall–Kier alpha value is -2.78. The maximum absolute atomic E-state index is 12.7. The first kappa shape index (κ1) is 20.0. The van der Waals surface area contributed by atoms with Gasteiger partial charge in [-0.15, -0.1) is 0 Å². The summed E-state index contributed by atoms with van der Waals surface area (Å²) in [6, 6.07) is 14.3. The van der Waals surface area contributed by atoms with Gasteiger partial charge in [0.05, 0.1) is 22.7 Å². The minimum Gasteiger partial charge on any atom is -0.325 e. The van der Waals surface area contributed by atoms with Crippen molar-refractivity contribution in [3.05, 3.63) is 77.5 Å². The molecule has 0 unspecified atom stereocenters. The van der Waals surface area contributed by atoms with Gasteiger partial charge in [0.15, 0.2) is 0 Å². The molecule has 0 aliphatic carbocycles. The second-order valence-electron chi connectivity index (χ2n) is 6.05. The lowest BCUT2D eigenvalue weighted by Gasteiger charge is -2.10. The number of halogens is 3. The van der Waals surface area contributed by atoms with Crippen molar-refractivity contribution >= 4 is 9.84 Å². The van der Waals surface area contributed by atoms with Crippen molar-refractivity contribution in [1.29, 1.82) is 0 Å². The zero-order valence-electron chi connectivity index (χ0n) is 14.5. The largest absolute Gasteiger partial charge is 0.416 e. The summed E-state index contributed by atoms with van der Waals surface area (Å²) in [6.45, 7) is -0.0377. The van der Waals surface area contributed by atoms with Crippen LogP contribution in [-0.2, 0) is 28.3 Å². The first-order valence-electron chi connectivity index (χ1n) is 8.21. The molecule has 0 spiro atoms. The van der Waals surface area contributed by atoms with Crippen LogP contribution in [0.3, 0.4) is 0 Å². The maximum Gasteiger partial charge on any atom is 0.416 e. The van der Waals surface area contributed by atoms with Gasteiger partial charge in [-0.05, 0) is 23.8 Å². The van der Waals surface area contributed by atoms with Crippen LogP contribution in [0.1, 0.15) is 16.8 Å². The summed E-state index contributed by atoms with van der Waals surface area (Å²) in [7, 11) is -3.87. The molecule has 0 atom stereocenters. The lowest BCUT2D eigenvalue weighted by Crippen LogP contribution is -2.13. The van der Waals surface area contributed by atoms with Gasteiger partial charge in [-0.2, -0.15) is 13.2 Å². The molecule has 5 nitrogen and oxygen atoms in total. The number of hydrogen-bond donors (Lipinski definition) is 1. The van der Waals surface area contributed by atoms with E-state index >= 15 is 0 Å². The van der Waals surface area contributed by atoms with E-state index < -0.39 is 26.7 Å². The van der Waals surface area contributed by atoms with Crippen LogP contribution < -0.4 is 5.73 Å². The van der Waals surface area contributed by atoms with Crippen molar-refractivity contribution in [3.63, 3.8) is 0 Å². The van der Waals surface area contributed by atoms with Crippen molar-refractivity contribution in [1.82, 2.24) is 9.97 Å². The lowest BCUT2D eigenvalue weighted by atomic mass is 10.1. The zero-order valence-corrected chi connectivity index (χ0v) is 15.3. The molecule has 0 radical (unpaired) electrons. The smallest absolute Gasteiger partial charge is 0.325 e. The van der Waals surface area contributed by atoms with Crippen LogP contribution in [0.25, 0.3) is 11.3 Å². The molecule has 1 heterocycles. The fraction of sp³-hybridized carbons (Fsp3) is 0.158. The third-order valence-corrected chi connectivity index (χ3v) is 5.41. The van der Waals surface area contributed by atoms with Gasteiger partial charge < -0.3 is 5.73 Å². The van der Waals surface area contributed by atoms with Gasteiger partial charge in [-0.1, -0.05) is 42.5 Å². The van der Waals surface area contributed by atoms with E-state index in [1.54, 1.807) is 30.3 Å². The predicted molar refractivity (Wildman–Crippen MR) is 97.7 cm³/mol. The van der Waals surface area contributed by atoms with E-state index in [-0.39, 0.29) is 23.7 Å². The Balaban J connectivity index is 2.00. The fourth-order valence-electron chi connectivity index (χ4n) is 2.55. The third kappa shape index (κ3) is 4.55. The molecule has 0 amide bonds. The molecule has 0 aliphatic rings. The van der Waals surface area contributed by atoms with Crippen LogP contribution in [0.15, 0.2) is 65.8 Å². The van der Waals surface area contributed by atoms with Crippen LogP contribution in [0.4, 0.5) is 13.2 Å². The van der Waals surface area contributed by atoms with Gasteiger partial charge in [0, 0.05) is 12.1 Å². The highest BCUT2D eigenvalue weighted by Crippen LogP contribution is 2.31. The summed E-state index contributed by atoms with van der Waals surface area (Å²) >= 11 is 0. The van der Waals surface area contributed by atoms with Crippen LogP contribution >= 0.6 is 0 Å². The van der Waals surface area contributed by atoms with Gasteiger partial charge in [0.1, 0.15) is 0 Å². The number of hydrogen-bond acceptors (Lipinski definition) is 5. The second-order valence-corrected chi connectivity index (χ2v) is 7.93. The summed E-state index contributed by atoms with van der Waals surface area (Å²) in [6.07, 6.45) is -4.46. The molecular formula is C19H16F3N3O2S. The molecule has 1 aromatic heterocycles. The van der Waals surface area contributed by atoms with Crippen molar-refractivity contribution in [3.8, 4) is 11.3 Å². The van der Waals surface area contributed by atoms with E-state index in [1.807, 2.05) is 0 Å². The van der Waals surface area contributed by atoms with Gasteiger partial charge in [0.25, 0.3) is 0 Å². The van der Waals surface area contributed by atoms with E-state index in [4.69, 9.17) is 5.73 Å². The summed E-state index contributed by atoms with van der Waals surface area (Å²) in [5.41, 5.74) is 6.17.